The van der Waals surface area contributed by atoms with Crippen molar-refractivity contribution in [1.82, 2.24) is 0 Å². The minimum atomic E-state index is -0.151. The number of ether oxygens (including phenoxy) is 3. The molecule has 0 unspecified atom stereocenters. The van der Waals surface area contributed by atoms with Crippen molar-refractivity contribution >= 4 is 17.9 Å². The predicted octanol–water partition coefficient (Wildman–Crippen LogP) is 13.8. The average molecular weight is 788 g/mol. The Hall–Kier alpha value is -2.41. The third kappa shape index (κ3) is 37.2. The van der Waals surface area contributed by atoms with Gasteiger partial charge >= 0.3 is 17.9 Å². The highest BCUT2D eigenvalue weighted by molar-refractivity contribution is 5.70. The predicted molar refractivity (Wildman–Crippen MR) is 235 cm³/mol. The molecule has 2 N–H and O–H groups in total. The second kappa shape index (κ2) is 42.2. The van der Waals surface area contributed by atoms with E-state index in [0.717, 1.165) is 50.5 Å². The van der Waals surface area contributed by atoms with Gasteiger partial charge in [0.2, 0.25) is 0 Å². The van der Waals surface area contributed by atoms with E-state index in [4.69, 9.17) is 19.9 Å². The summed E-state index contributed by atoms with van der Waals surface area (Å²) in [7, 11) is 0. The number of benzene rings is 1. The number of carbonyl (C=O) groups is 3. The normalized spacial score (nSPS) is 11.1. The molecule has 0 fully saturated rings. The number of hydrogen-bond acceptors (Lipinski definition) is 7. The fourth-order valence-electron chi connectivity index (χ4n) is 6.92. The first-order valence-corrected chi connectivity index (χ1v) is 23.6. The van der Waals surface area contributed by atoms with Crippen LogP contribution in [0.3, 0.4) is 0 Å². The summed E-state index contributed by atoms with van der Waals surface area (Å²) in [6.07, 6.45) is 33.3. The number of hydrogen-bond donors (Lipinski definition) is 1. The molecule has 1 aromatic carbocycles. The van der Waals surface area contributed by atoms with E-state index in [1.54, 1.807) is 0 Å². The molecule has 0 spiro atoms. The number of rotatable bonds is 38. The molecule has 7 nitrogen and oxygen atoms in total. The summed E-state index contributed by atoms with van der Waals surface area (Å²) < 4.78 is 16.4. The summed E-state index contributed by atoms with van der Waals surface area (Å²) in [6.45, 7) is 11.2. The van der Waals surface area contributed by atoms with E-state index < -0.39 is 0 Å². The molecular formula is C49H89NO6. The van der Waals surface area contributed by atoms with Crippen LogP contribution in [0.4, 0.5) is 0 Å². The summed E-state index contributed by atoms with van der Waals surface area (Å²) in [4.78, 5) is 35.8. The molecule has 0 aromatic heterocycles. The van der Waals surface area contributed by atoms with Gasteiger partial charge in [0.05, 0.1) is 13.2 Å². The van der Waals surface area contributed by atoms with Crippen LogP contribution >= 0.6 is 0 Å². The average Bonchev–Trinajstić information content (AvgIpc) is 3.21. The van der Waals surface area contributed by atoms with Crippen LogP contribution in [-0.2, 0) is 35.2 Å². The lowest BCUT2D eigenvalue weighted by molar-refractivity contribution is -0.146. The van der Waals surface area contributed by atoms with E-state index >= 15 is 0 Å². The first-order chi connectivity index (χ1) is 27.4. The first-order valence-electron chi connectivity index (χ1n) is 23.6. The zero-order valence-electron chi connectivity index (χ0n) is 37.1. The molecular weight excluding hydrogens is 699 g/mol. The highest BCUT2D eigenvalue weighted by atomic mass is 16.5. The smallest absolute Gasteiger partial charge is 0.306 e. The van der Waals surface area contributed by atoms with Crippen molar-refractivity contribution in [3.8, 4) is 0 Å². The van der Waals surface area contributed by atoms with Crippen molar-refractivity contribution in [2.75, 3.05) is 19.8 Å². The van der Waals surface area contributed by atoms with Crippen molar-refractivity contribution in [2.45, 2.75) is 227 Å². The zero-order chi connectivity index (χ0) is 41.2. The van der Waals surface area contributed by atoms with E-state index in [1.807, 2.05) is 30.3 Å². The third-order valence-corrected chi connectivity index (χ3v) is 10.7. The largest absolute Gasteiger partial charge is 0.465 e. The molecule has 0 bridgehead atoms. The lowest BCUT2D eigenvalue weighted by Crippen LogP contribution is -2.14. The second-order valence-corrected chi connectivity index (χ2v) is 16.2. The molecule has 0 saturated carbocycles. The minimum Gasteiger partial charge on any atom is -0.465 e. The third-order valence-electron chi connectivity index (χ3n) is 10.7. The maximum atomic E-state index is 12.2. The number of nitrogens with two attached hydrogens (primary N) is 1. The van der Waals surface area contributed by atoms with Gasteiger partial charge in [0.1, 0.15) is 6.61 Å². The lowest BCUT2D eigenvalue weighted by atomic mass is 9.95. The molecule has 0 aliphatic heterocycles. The molecule has 1 rings (SSSR count). The summed E-state index contributed by atoms with van der Waals surface area (Å²) >= 11 is 0. The Morgan fingerprint density at radius 2 is 0.786 bits per heavy atom. The fourth-order valence-corrected chi connectivity index (χ4v) is 6.92. The zero-order valence-corrected chi connectivity index (χ0v) is 37.1. The Bertz CT molecular complexity index is 978. The molecule has 0 atom stereocenters. The van der Waals surface area contributed by atoms with Gasteiger partial charge in [0.25, 0.3) is 0 Å². The van der Waals surface area contributed by atoms with E-state index in [9.17, 15) is 14.4 Å². The topological polar surface area (TPSA) is 105 Å². The van der Waals surface area contributed by atoms with Crippen molar-refractivity contribution in [3.05, 3.63) is 35.9 Å². The monoisotopic (exact) mass is 788 g/mol. The van der Waals surface area contributed by atoms with Crippen molar-refractivity contribution in [1.29, 1.82) is 0 Å². The van der Waals surface area contributed by atoms with E-state index in [-0.39, 0.29) is 17.9 Å². The van der Waals surface area contributed by atoms with E-state index in [0.29, 0.717) is 57.5 Å². The van der Waals surface area contributed by atoms with Gasteiger partial charge in [-0.15, -0.1) is 0 Å². The summed E-state index contributed by atoms with van der Waals surface area (Å²) in [6, 6.07) is 9.73. The van der Waals surface area contributed by atoms with Gasteiger partial charge in [-0.2, -0.15) is 0 Å². The summed E-state index contributed by atoms with van der Waals surface area (Å²) in [5.41, 5.74) is 6.47. The van der Waals surface area contributed by atoms with Crippen LogP contribution in [0.2, 0.25) is 0 Å². The molecule has 1 aromatic rings. The molecule has 0 radical (unpaired) electrons. The van der Waals surface area contributed by atoms with Crippen LogP contribution in [0.5, 0.6) is 0 Å². The number of esters is 3. The van der Waals surface area contributed by atoms with Gasteiger partial charge in [-0.05, 0) is 75.3 Å². The van der Waals surface area contributed by atoms with Gasteiger partial charge in [-0.3, -0.25) is 14.4 Å². The highest BCUT2D eigenvalue weighted by Gasteiger charge is 2.14. The highest BCUT2D eigenvalue weighted by Crippen LogP contribution is 2.21. The van der Waals surface area contributed by atoms with E-state index in [1.165, 1.54) is 128 Å². The maximum Gasteiger partial charge on any atom is 0.306 e. The Balaban J connectivity index is 0.00000116. The van der Waals surface area contributed by atoms with Gasteiger partial charge < -0.3 is 19.9 Å². The van der Waals surface area contributed by atoms with Gasteiger partial charge in [0, 0.05) is 19.3 Å². The molecule has 0 aliphatic rings. The van der Waals surface area contributed by atoms with Crippen LogP contribution < -0.4 is 5.73 Å². The molecule has 0 heterocycles. The van der Waals surface area contributed by atoms with Crippen LogP contribution in [0.15, 0.2) is 30.3 Å². The molecule has 56 heavy (non-hydrogen) atoms. The van der Waals surface area contributed by atoms with Crippen molar-refractivity contribution in [3.63, 3.8) is 0 Å². The Kier molecular flexibility index (Phi) is 40.4. The van der Waals surface area contributed by atoms with Crippen molar-refractivity contribution in [2.24, 2.45) is 17.6 Å². The standard InChI is InChI=1S/C29H48O4.C20H41NO2/c1-3-5-7-12-18-26(19-13-8-6-4-2)24-32-28(30)22-16-9-10-17-23-29(31)33-25-27-20-14-11-15-21-27;1-3-5-7-10-14-19(15-11-8-6-4-2)18-23-20(22)16-12-9-13-17-21/h11,14-15,20-21,26H,3-10,12-13,16-19,22-25H2,1-2H3;19H,3-18,21H2,1-2H3. The van der Waals surface area contributed by atoms with Gasteiger partial charge in [0.15, 0.2) is 0 Å². The van der Waals surface area contributed by atoms with Crippen LogP contribution in [0, 0.1) is 11.8 Å². The van der Waals surface area contributed by atoms with Crippen molar-refractivity contribution < 1.29 is 28.6 Å². The summed E-state index contributed by atoms with van der Waals surface area (Å²) in [5.74, 6) is 0.849. The number of carbonyl (C=O) groups excluding carboxylic acids is 3. The van der Waals surface area contributed by atoms with E-state index in [2.05, 4.69) is 27.7 Å². The lowest BCUT2D eigenvalue weighted by Gasteiger charge is -2.17. The van der Waals surface area contributed by atoms with Crippen LogP contribution in [-0.4, -0.2) is 37.7 Å². The number of unbranched alkanes of at least 4 members (excludes halogenated alkanes) is 17. The Morgan fingerprint density at radius 1 is 0.446 bits per heavy atom. The Morgan fingerprint density at radius 3 is 1.14 bits per heavy atom. The molecule has 0 aliphatic carbocycles. The quantitative estimate of drug-likeness (QED) is 0.0404. The Labute approximate surface area is 345 Å². The molecule has 7 heteroatoms. The first kappa shape index (κ1) is 53.6. The molecule has 0 saturated heterocycles. The van der Waals surface area contributed by atoms with Crippen LogP contribution in [0.1, 0.15) is 226 Å². The minimum absolute atomic E-state index is 0.0193. The summed E-state index contributed by atoms with van der Waals surface area (Å²) in [5, 5.41) is 0. The fraction of sp³-hybridized carbons (Fsp3) is 0.816. The maximum absolute atomic E-state index is 12.2. The molecule has 0 amide bonds. The SMILES string of the molecule is CCCCCCC(CCCCCC)COC(=O)CCCCCCC(=O)OCc1ccccc1.CCCCCCC(CCCCCC)COC(=O)CCCCCN. The second-order valence-electron chi connectivity index (χ2n) is 16.2. The van der Waals surface area contributed by atoms with Crippen LogP contribution in [0.25, 0.3) is 0 Å². The molecule has 326 valence electrons. The van der Waals surface area contributed by atoms with Gasteiger partial charge in [-0.1, -0.05) is 180 Å². The van der Waals surface area contributed by atoms with Gasteiger partial charge in [-0.25, -0.2) is 0 Å².